The lowest BCUT2D eigenvalue weighted by Crippen LogP contribution is -3.11. The van der Waals surface area contributed by atoms with Gasteiger partial charge in [0.2, 0.25) is 5.89 Å². The zero-order valence-corrected chi connectivity index (χ0v) is 13.5. The first-order valence-electron chi connectivity index (χ1n) is 7.76. The summed E-state index contributed by atoms with van der Waals surface area (Å²) >= 11 is 0. The van der Waals surface area contributed by atoms with Crippen molar-refractivity contribution in [3.05, 3.63) is 36.2 Å². The molecular formula is C17H26N3O+. The van der Waals surface area contributed by atoms with E-state index in [-0.39, 0.29) is 0 Å². The highest BCUT2D eigenvalue weighted by Crippen LogP contribution is 2.16. The molecule has 0 aliphatic heterocycles. The Kier molecular flexibility index (Phi) is 5.51. The van der Waals surface area contributed by atoms with E-state index >= 15 is 0 Å². The first-order chi connectivity index (χ1) is 10.0. The molecule has 0 fully saturated rings. The summed E-state index contributed by atoms with van der Waals surface area (Å²) in [5.74, 6) is 2.66. The Labute approximate surface area is 127 Å². The molecule has 0 unspecified atom stereocenters. The van der Waals surface area contributed by atoms with Gasteiger partial charge < -0.3 is 9.32 Å². The van der Waals surface area contributed by atoms with Gasteiger partial charge in [-0.15, -0.1) is 10.2 Å². The maximum atomic E-state index is 5.82. The summed E-state index contributed by atoms with van der Waals surface area (Å²) in [6.07, 6.45) is 0. The molecule has 0 aliphatic carbocycles. The van der Waals surface area contributed by atoms with Crippen LogP contribution in [0.4, 0.5) is 0 Å². The number of nitrogens with one attached hydrogen (secondary N) is 1. The molecule has 0 aliphatic rings. The van der Waals surface area contributed by atoms with Crippen molar-refractivity contribution >= 4 is 0 Å². The Morgan fingerprint density at radius 2 is 1.57 bits per heavy atom. The quantitative estimate of drug-likeness (QED) is 0.851. The number of rotatable bonds is 7. The summed E-state index contributed by atoms with van der Waals surface area (Å²) in [6.45, 7) is 12.1. The van der Waals surface area contributed by atoms with Crippen molar-refractivity contribution < 1.29 is 9.32 Å². The van der Waals surface area contributed by atoms with Crippen LogP contribution in [-0.4, -0.2) is 23.3 Å². The van der Waals surface area contributed by atoms with E-state index in [1.54, 1.807) is 0 Å². The molecule has 1 aromatic carbocycles. The summed E-state index contributed by atoms with van der Waals surface area (Å²) < 4.78 is 5.82. The molecule has 0 saturated heterocycles. The van der Waals surface area contributed by atoms with Crippen LogP contribution in [0.15, 0.2) is 34.7 Å². The van der Waals surface area contributed by atoms with Crippen molar-refractivity contribution in [3.8, 4) is 11.5 Å². The van der Waals surface area contributed by atoms with E-state index in [9.17, 15) is 0 Å². The van der Waals surface area contributed by atoms with Gasteiger partial charge in [-0.05, 0) is 12.1 Å². The fourth-order valence-electron chi connectivity index (χ4n) is 2.62. The Hall–Kier alpha value is -1.68. The molecule has 2 aromatic rings. The van der Waals surface area contributed by atoms with E-state index in [1.807, 2.05) is 30.3 Å². The van der Waals surface area contributed by atoms with E-state index in [4.69, 9.17) is 4.42 Å². The standard InChI is InChI=1S/C17H25N3O/c1-13(2)10-20(11-14(3)4)12-16-18-19-17(21-16)15-8-6-5-7-9-15/h5-9,13-14H,10-12H2,1-4H3/p+1. The monoisotopic (exact) mass is 288 g/mol. The summed E-state index contributed by atoms with van der Waals surface area (Å²) in [5, 5.41) is 8.38. The van der Waals surface area contributed by atoms with Crippen LogP contribution in [0.3, 0.4) is 0 Å². The summed E-state index contributed by atoms with van der Waals surface area (Å²) in [4.78, 5) is 1.50. The van der Waals surface area contributed by atoms with Crippen LogP contribution < -0.4 is 4.90 Å². The lowest BCUT2D eigenvalue weighted by atomic mass is 10.1. The molecule has 0 saturated carbocycles. The van der Waals surface area contributed by atoms with Gasteiger partial charge in [-0.2, -0.15) is 0 Å². The predicted octanol–water partition coefficient (Wildman–Crippen LogP) is 2.43. The number of hydrogen-bond donors (Lipinski definition) is 1. The van der Waals surface area contributed by atoms with E-state index in [1.165, 1.54) is 4.90 Å². The van der Waals surface area contributed by atoms with Crippen LogP contribution in [0.25, 0.3) is 11.5 Å². The number of benzene rings is 1. The van der Waals surface area contributed by atoms with E-state index in [0.717, 1.165) is 31.1 Å². The maximum absolute atomic E-state index is 5.82. The molecule has 4 nitrogen and oxygen atoms in total. The third-order valence-corrected chi connectivity index (χ3v) is 3.28. The van der Waals surface area contributed by atoms with Gasteiger partial charge in [-0.25, -0.2) is 0 Å². The minimum absolute atomic E-state index is 0.610. The van der Waals surface area contributed by atoms with Crippen molar-refractivity contribution in [2.45, 2.75) is 34.2 Å². The molecule has 0 radical (unpaired) electrons. The summed E-state index contributed by atoms with van der Waals surface area (Å²) in [7, 11) is 0. The van der Waals surface area contributed by atoms with E-state index in [0.29, 0.717) is 17.7 Å². The fourth-order valence-corrected chi connectivity index (χ4v) is 2.62. The van der Waals surface area contributed by atoms with Crippen molar-refractivity contribution in [2.75, 3.05) is 13.1 Å². The van der Waals surface area contributed by atoms with Crippen LogP contribution in [0, 0.1) is 11.8 Å². The summed E-state index contributed by atoms with van der Waals surface area (Å²) in [5.41, 5.74) is 0.977. The Bertz CT molecular complexity index is 524. The Balaban J connectivity index is 2.05. The second-order valence-electron chi connectivity index (χ2n) is 6.49. The molecule has 2 rings (SSSR count). The minimum Gasteiger partial charge on any atom is -0.415 e. The van der Waals surface area contributed by atoms with Crippen molar-refractivity contribution in [1.82, 2.24) is 10.2 Å². The van der Waals surface area contributed by atoms with Crippen molar-refractivity contribution in [1.29, 1.82) is 0 Å². The first kappa shape index (κ1) is 15.7. The lowest BCUT2D eigenvalue weighted by molar-refractivity contribution is -0.921. The van der Waals surface area contributed by atoms with Gasteiger partial charge in [0.25, 0.3) is 5.89 Å². The molecule has 0 amide bonds. The Morgan fingerprint density at radius 3 is 2.14 bits per heavy atom. The van der Waals surface area contributed by atoms with Crippen LogP contribution in [0.1, 0.15) is 33.6 Å². The highest BCUT2D eigenvalue weighted by molar-refractivity contribution is 5.51. The largest absolute Gasteiger partial charge is 0.415 e. The zero-order valence-electron chi connectivity index (χ0n) is 13.5. The predicted molar refractivity (Wildman–Crippen MR) is 83.8 cm³/mol. The zero-order chi connectivity index (χ0) is 15.2. The molecule has 0 atom stereocenters. The third-order valence-electron chi connectivity index (χ3n) is 3.28. The molecule has 1 N–H and O–H groups in total. The molecule has 1 heterocycles. The van der Waals surface area contributed by atoms with Gasteiger partial charge in [-0.1, -0.05) is 45.9 Å². The number of hydrogen-bond acceptors (Lipinski definition) is 3. The smallest absolute Gasteiger partial charge is 0.271 e. The van der Waals surface area contributed by atoms with E-state index in [2.05, 4.69) is 37.9 Å². The average molecular weight is 288 g/mol. The average Bonchev–Trinajstić information content (AvgIpc) is 2.86. The van der Waals surface area contributed by atoms with Gasteiger partial charge in [0.15, 0.2) is 6.54 Å². The van der Waals surface area contributed by atoms with Crippen molar-refractivity contribution in [2.24, 2.45) is 11.8 Å². The molecule has 0 spiro atoms. The van der Waals surface area contributed by atoms with Gasteiger partial charge in [-0.3, -0.25) is 0 Å². The molecular weight excluding hydrogens is 262 g/mol. The third kappa shape index (κ3) is 4.97. The summed E-state index contributed by atoms with van der Waals surface area (Å²) in [6, 6.07) is 9.93. The highest BCUT2D eigenvalue weighted by Gasteiger charge is 2.18. The van der Waals surface area contributed by atoms with Crippen LogP contribution in [0.5, 0.6) is 0 Å². The Morgan fingerprint density at radius 1 is 0.952 bits per heavy atom. The SMILES string of the molecule is CC(C)C[NH+](Cc1nnc(-c2ccccc2)o1)CC(C)C. The molecule has 1 aromatic heterocycles. The molecule has 0 bridgehead atoms. The van der Waals surface area contributed by atoms with Gasteiger partial charge in [0.1, 0.15) is 0 Å². The van der Waals surface area contributed by atoms with Crippen LogP contribution >= 0.6 is 0 Å². The maximum Gasteiger partial charge on any atom is 0.271 e. The molecule has 4 heteroatoms. The van der Waals surface area contributed by atoms with Gasteiger partial charge >= 0.3 is 0 Å². The highest BCUT2D eigenvalue weighted by atomic mass is 16.4. The van der Waals surface area contributed by atoms with E-state index < -0.39 is 0 Å². The van der Waals surface area contributed by atoms with Gasteiger partial charge in [0, 0.05) is 17.4 Å². The second kappa shape index (κ2) is 7.36. The molecule has 114 valence electrons. The van der Waals surface area contributed by atoms with Gasteiger partial charge in [0.05, 0.1) is 13.1 Å². The minimum atomic E-state index is 0.610. The first-order valence-corrected chi connectivity index (χ1v) is 7.76. The van der Waals surface area contributed by atoms with Crippen LogP contribution in [0.2, 0.25) is 0 Å². The second-order valence-corrected chi connectivity index (χ2v) is 6.49. The molecule has 21 heavy (non-hydrogen) atoms. The number of nitrogens with zero attached hydrogens (tertiary/aromatic N) is 2. The van der Waals surface area contributed by atoms with Crippen LogP contribution in [-0.2, 0) is 6.54 Å². The van der Waals surface area contributed by atoms with Crippen molar-refractivity contribution in [3.63, 3.8) is 0 Å². The lowest BCUT2D eigenvalue weighted by Gasteiger charge is -2.21. The number of quaternary nitrogens is 1. The topological polar surface area (TPSA) is 43.4 Å². The fraction of sp³-hybridized carbons (Fsp3) is 0.529. The number of aromatic nitrogens is 2. The normalized spacial score (nSPS) is 11.8.